The number of likely N-dealkylation sites (tertiary alicyclic amines) is 1. The standard InChI is InChI=1S/C15H26N4O/c1-11(2)14-8-13(20-18-14)9-17-15(16-4)19-7-5-6-12(3)10-19/h8,11-12H,5-7,9-10H2,1-4H3,(H,16,17). The molecule has 2 rings (SSSR count). The monoisotopic (exact) mass is 278 g/mol. The number of aliphatic imine (C=N–C) groups is 1. The first-order chi connectivity index (χ1) is 9.60. The van der Waals surface area contributed by atoms with Crippen LogP contribution in [0.25, 0.3) is 0 Å². The molecule has 0 spiro atoms. The molecule has 1 saturated heterocycles. The van der Waals surface area contributed by atoms with Crippen LogP contribution in [-0.2, 0) is 6.54 Å². The minimum absolute atomic E-state index is 0.398. The van der Waals surface area contributed by atoms with Gasteiger partial charge in [0.05, 0.1) is 12.2 Å². The van der Waals surface area contributed by atoms with Crippen molar-refractivity contribution in [2.24, 2.45) is 10.9 Å². The quantitative estimate of drug-likeness (QED) is 0.682. The number of hydrogen-bond donors (Lipinski definition) is 1. The van der Waals surface area contributed by atoms with Crippen LogP contribution in [-0.4, -0.2) is 36.2 Å². The topological polar surface area (TPSA) is 53.7 Å². The summed E-state index contributed by atoms with van der Waals surface area (Å²) in [5, 5.41) is 7.45. The smallest absolute Gasteiger partial charge is 0.194 e. The minimum atomic E-state index is 0.398. The molecule has 0 aliphatic carbocycles. The molecule has 20 heavy (non-hydrogen) atoms. The molecule has 1 aliphatic rings. The van der Waals surface area contributed by atoms with Crippen LogP contribution in [0.5, 0.6) is 0 Å². The van der Waals surface area contributed by atoms with Crippen molar-refractivity contribution in [3.63, 3.8) is 0 Å². The highest BCUT2D eigenvalue weighted by Gasteiger charge is 2.19. The summed E-state index contributed by atoms with van der Waals surface area (Å²) in [6.45, 7) is 9.32. The lowest BCUT2D eigenvalue weighted by Gasteiger charge is -2.33. The third-order valence-corrected chi connectivity index (χ3v) is 3.76. The zero-order valence-corrected chi connectivity index (χ0v) is 13.0. The zero-order chi connectivity index (χ0) is 14.5. The molecule has 5 heteroatoms. The molecule has 0 radical (unpaired) electrons. The van der Waals surface area contributed by atoms with Gasteiger partial charge in [-0.15, -0.1) is 0 Å². The lowest BCUT2D eigenvalue weighted by atomic mass is 10.0. The highest BCUT2D eigenvalue weighted by molar-refractivity contribution is 5.79. The summed E-state index contributed by atoms with van der Waals surface area (Å²) in [5.74, 6) is 2.95. The average molecular weight is 278 g/mol. The predicted molar refractivity (Wildman–Crippen MR) is 80.8 cm³/mol. The third kappa shape index (κ3) is 3.74. The summed E-state index contributed by atoms with van der Waals surface area (Å²) in [5.41, 5.74) is 1.00. The van der Waals surface area contributed by atoms with Crippen molar-refractivity contribution in [1.82, 2.24) is 15.4 Å². The van der Waals surface area contributed by atoms with Crippen molar-refractivity contribution in [3.05, 3.63) is 17.5 Å². The Hall–Kier alpha value is -1.52. The highest BCUT2D eigenvalue weighted by atomic mass is 16.5. The van der Waals surface area contributed by atoms with E-state index in [4.69, 9.17) is 4.52 Å². The van der Waals surface area contributed by atoms with Crippen molar-refractivity contribution < 1.29 is 4.52 Å². The normalized spacial score (nSPS) is 20.6. The Balaban J connectivity index is 1.90. The maximum absolute atomic E-state index is 5.34. The molecule has 2 heterocycles. The van der Waals surface area contributed by atoms with Gasteiger partial charge in [-0.05, 0) is 24.7 Å². The molecule has 1 aliphatic heterocycles. The Kier molecular flexibility index (Phi) is 5.04. The molecule has 1 N–H and O–H groups in total. The molecular weight excluding hydrogens is 252 g/mol. The van der Waals surface area contributed by atoms with Crippen LogP contribution in [0, 0.1) is 5.92 Å². The van der Waals surface area contributed by atoms with E-state index >= 15 is 0 Å². The maximum Gasteiger partial charge on any atom is 0.194 e. The van der Waals surface area contributed by atoms with E-state index < -0.39 is 0 Å². The Morgan fingerprint density at radius 1 is 1.60 bits per heavy atom. The third-order valence-electron chi connectivity index (χ3n) is 3.76. The van der Waals surface area contributed by atoms with E-state index in [2.05, 4.69) is 41.1 Å². The minimum Gasteiger partial charge on any atom is -0.359 e. The van der Waals surface area contributed by atoms with Crippen LogP contribution >= 0.6 is 0 Å². The number of piperidine rings is 1. The van der Waals surface area contributed by atoms with Crippen LogP contribution in [0.1, 0.15) is 51.0 Å². The second-order valence-corrected chi connectivity index (χ2v) is 5.97. The van der Waals surface area contributed by atoms with Gasteiger partial charge in [-0.2, -0.15) is 0 Å². The highest BCUT2D eigenvalue weighted by Crippen LogP contribution is 2.16. The SMILES string of the molecule is CN=C(NCc1cc(C(C)C)no1)N1CCCC(C)C1. The van der Waals surface area contributed by atoms with Gasteiger partial charge in [0.1, 0.15) is 0 Å². The van der Waals surface area contributed by atoms with Crippen LogP contribution in [0.4, 0.5) is 0 Å². The van der Waals surface area contributed by atoms with Crippen LogP contribution < -0.4 is 5.32 Å². The van der Waals surface area contributed by atoms with Gasteiger partial charge in [0, 0.05) is 26.2 Å². The van der Waals surface area contributed by atoms with E-state index in [0.29, 0.717) is 12.5 Å². The number of nitrogens with zero attached hydrogens (tertiary/aromatic N) is 3. The van der Waals surface area contributed by atoms with Crippen LogP contribution in [0.3, 0.4) is 0 Å². The zero-order valence-electron chi connectivity index (χ0n) is 13.0. The lowest BCUT2D eigenvalue weighted by molar-refractivity contribution is 0.264. The van der Waals surface area contributed by atoms with Crippen LogP contribution in [0.15, 0.2) is 15.6 Å². The Bertz CT molecular complexity index is 452. The molecule has 0 aromatic carbocycles. The fourth-order valence-corrected chi connectivity index (χ4v) is 2.56. The molecule has 0 bridgehead atoms. The molecule has 0 amide bonds. The van der Waals surface area contributed by atoms with Crippen molar-refractivity contribution in [2.75, 3.05) is 20.1 Å². The van der Waals surface area contributed by atoms with Gasteiger partial charge in [0.15, 0.2) is 11.7 Å². The lowest BCUT2D eigenvalue weighted by Crippen LogP contribution is -2.45. The van der Waals surface area contributed by atoms with Crippen molar-refractivity contribution in [3.8, 4) is 0 Å². The van der Waals surface area contributed by atoms with Crippen LogP contribution in [0.2, 0.25) is 0 Å². The van der Waals surface area contributed by atoms with Crippen molar-refractivity contribution >= 4 is 5.96 Å². The molecular formula is C15H26N4O. The van der Waals surface area contributed by atoms with Gasteiger partial charge in [-0.25, -0.2) is 0 Å². The molecule has 1 fully saturated rings. The summed E-state index contributed by atoms with van der Waals surface area (Å²) in [7, 11) is 1.83. The fraction of sp³-hybridized carbons (Fsp3) is 0.733. The molecule has 1 unspecified atom stereocenters. The fourth-order valence-electron chi connectivity index (χ4n) is 2.56. The van der Waals surface area contributed by atoms with Gasteiger partial charge >= 0.3 is 0 Å². The number of nitrogens with one attached hydrogen (secondary N) is 1. The number of rotatable bonds is 3. The average Bonchev–Trinajstić information content (AvgIpc) is 2.88. The van der Waals surface area contributed by atoms with Gasteiger partial charge in [-0.3, -0.25) is 4.99 Å². The predicted octanol–water partition coefficient (Wildman–Crippen LogP) is 2.61. The first-order valence-electron chi connectivity index (χ1n) is 7.51. The van der Waals surface area contributed by atoms with E-state index in [-0.39, 0.29) is 0 Å². The summed E-state index contributed by atoms with van der Waals surface area (Å²) in [6, 6.07) is 2.02. The summed E-state index contributed by atoms with van der Waals surface area (Å²) in [4.78, 5) is 6.70. The van der Waals surface area contributed by atoms with Gasteiger partial charge < -0.3 is 14.7 Å². The second kappa shape index (κ2) is 6.77. The molecule has 1 aromatic heterocycles. The summed E-state index contributed by atoms with van der Waals surface area (Å²) in [6.07, 6.45) is 2.55. The van der Waals surface area contributed by atoms with E-state index in [9.17, 15) is 0 Å². The number of aromatic nitrogens is 1. The van der Waals surface area contributed by atoms with E-state index in [1.54, 1.807) is 0 Å². The summed E-state index contributed by atoms with van der Waals surface area (Å²) >= 11 is 0. The summed E-state index contributed by atoms with van der Waals surface area (Å²) < 4.78 is 5.34. The molecule has 1 aromatic rings. The van der Waals surface area contributed by atoms with Crippen molar-refractivity contribution in [1.29, 1.82) is 0 Å². The number of hydrogen-bond acceptors (Lipinski definition) is 3. The first kappa shape index (κ1) is 14.9. The second-order valence-electron chi connectivity index (χ2n) is 5.97. The molecule has 0 saturated carbocycles. The van der Waals surface area contributed by atoms with Crippen molar-refractivity contribution in [2.45, 2.75) is 46.1 Å². The van der Waals surface area contributed by atoms with Gasteiger partial charge in [-0.1, -0.05) is 25.9 Å². The number of guanidine groups is 1. The molecule has 112 valence electrons. The van der Waals surface area contributed by atoms with E-state index in [0.717, 1.165) is 36.4 Å². The molecule has 1 atom stereocenters. The Morgan fingerprint density at radius 2 is 2.40 bits per heavy atom. The van der Waals surface area contributed by atoms with E-state index in [1.807, 2.05) is 13.1 Å². The molecule has 5 nitrogen and oxygen atoms in total. The van der Waals surface area contributed by atoms with E-state index in [1.165, 1.54) is 12.8 Å². The maximum atomic E-state index is 5.34. The van der Waals surface area contributed by atoms with Gasteiger partial charge in [0.25, 0.3) is 0 Å². The Labute approximate surface area is 121 Å². The first-order valence-corrected chi connectivity index (χ1v) is 7.51. The Morgan fingerprint density at radius 3 is 3.00 bits per heavy atom. The largest absolute Gasteiger partial charge is 0.359 e. The van der Waals surface area contributed by atoms with Gasteiger partial charge in [0.2, 0.25) is 0 Å².